The Bertz CT molecular complexity index is 375. The maximum atomic E-state index is 11.5. The molecule has 0 spiro atoms. The maximum absolute atomic E-state index is 11.5. The molecule has 78 valence electrons. The standard InChI is InChI=1S/C11H12N2O2/c14-10-8-13(11(15)6-12-10)7-9-4-2-1-3-5-9/h1-5H,6-8H2,(H,12,14)/i6+1,8+1,10+1,11+1. The lowest BCUT2D eigenvalue weighted by atomic mass is 10.2. The first-order valence-electron chi connectivity index (χ1n) is 4.84. The Balaban J connectivity index is 2.05. The molecule has 0 saturated carbocycles. The van der Waals surface area contributed by atoms with Gasteiger partial charge in [0.05, 0.1) is 13.1 Å². The van der Waals surface area contributed by atoms with Gasteiger partial charge in [-0.25, -0.2) is 0 Å². The molecule has 1 N–H and O–H groups in total. The van der Waals surface area contributed by atoms with E-state index in [1.54, 1.807) is 4.90 Å². The Labute approximate surface area is 87.9 Å². The largest absolute Gasteiger partial charge is 0.345 e. The van der Waals surface area contributed by atoms with Crippen LogP contribution >= 0.6 is 0 Å². The van der Waals surface area contributed by atoms with E-state index in [-0.39, 0.29) is 24.9 Å². The molecular formula is C11H12N2O2. The number of amides is 2. The van der Waals surface area contributed by atoms with Crippen molar-refractivity contribution < 1.29 is 9.59 Å². The van der Waals surface area contributed by atoms with Crippen LogP contribution in [0.15, 0.2) is 30.3 Å². The molecule has 4 heteroatoms. The summed E-state index contributed by atoms with van der Waals surface area (Å²) >= 11 is 0. The summed E-state index contributed by atoms with van der Waals surface area (Å²) < 4.78 is 0. The second-order valence-electron chi connectivity index (χ2n) is 3.51. The summed E-state index contributed by atoms with van der Waals surface area (Å²) in [5.74, 6) is -0.121. The Hall–Kier alpha value is -1.84. The number of carbonyl (C=O) groups is 2. The second-order valence-corrected chi connectivity index (χ2v) is 3.51. The van der Waals surface area contributed by atoms with E-state index in [0.717, 1.165) is 5.56 Å². The van der Waals surface area contributed by atoms with Crippen molar-refractivity contribution in [3.8, 4) is 0 Å². The molecule has 2 rings (SSSR count). The van der Waals surface area contributed by atoms with E-state index in [0.29, 0.717) is 6.54 Å². The molecule has 0 aromatic heterocycles. The van der Waals surface area contributed by atoms with Crippen molar-refractivity contribution in [1.29, 1.82) is 0 Å². The minimum atomic E-state index is -0.0921. The van der Waals surface area contributed by atoms with Crippen LogP contribution in [0, 0.1) is 0 Å². The van der Waals surface area contributed by atoms with Crippen LogP contribution in [-0.2, 0) is 16.1 Å². The lowest BCUT2D eigenvalue weighted by molar-refractivity contribution is -0.141. The van der Waals surface area contributed by atoms with Crippen molar-refractivity contribution in [3.05, 3.63) is 35.9 Å². The Kier molecular flexibility index (Phi) is 2.67. The molecule has 1 saturated heterocycles. The van der Waals surface area contributed by atoms with E-state index in [4.69, 9.17) is 0 Å². The van der Waals surface area contributed by atoms with Crippen molar-refractivity contribution in [2.75, 3.05) is 13.1 Å². The third kappa shape index (κ3) is 2.34. The van der Waals surface area contributed by atoms with Gasteiger partial charge in [0.2, 0.25) is 11.8 Å². The molecule has 15 heavy (non-hydrogen) atoms. The summed E-state index contributed by atoms with van der Waals surface area (Å²) in [5, 5.41) is 2.52. The summed E-state index contributed by atoms with van der Waals surface area (Å²) in [6.45, 7) is 0.784. The predicted molar refractivity (Wildman–Crippen MR) is 54.9 cm³/mol. The lowest BCUT2D eigenvalue weighted by Gasteiger charge is -2.26. The van der Waals surface area contributed by atoms with Gasteiger partial charge in [-0.2, -0.15) is 0 Å². The van der Waals surface area contributed by atoms with Gasteiger partial charge in [0.25, 0.3) is 0 Å². The summed E-state index contributed by atoms with van der Waals surface area (Å²) in [7, 11) is 0. The van der Waals surface area contributed by atoms with Crippen LogP contribution in [-0.4, -0.2) is 29.8 Å². The van der Waals surface area contributed by atoms with Crippen molar-refractivity contribution in [2.45, 2.75) is 6.54 Å². The van der Waals surface area contributed by atoms with Gasteiger partial charge in [0.15, 0.2) is 0 Å². The molecule has 1 aliphatic rings. The molecule has 0 atom stereocenters. The maximum Gasteiger partial charge on any atom is 0.242 e. The van der Waals surface area contributed by atoms with E-state index >= 15 is 0 Å². The number of rotatable bonds is 2. The lowest BCUT2D eigenvalue weighted by Crippen LogP contribution is -2.50. The number of carbonyl (C=O) groups excluding carboxylic acids is 2. The zero-order chi connectivity index (χ0) is 10.7. The van der Waals surface area contributed by atoms with Gasteiger partial charge in [-0.15, -0.1) is 0 Å². The normalized spacial score (nSPS) is 16.4. The van der Waals surface area contributed by atoms with Crippen LogP contribution in [0.5, 0.6) is 0 Å². The van der Waals surface area contributed by atoms with Crippen molar-refractivity contribution in [2.24, 2.45) is 0 Å². The Morgan fingerprint density at radius 2 is 1.93 bits per heavy atom. The fraction of sp³-hybridized carbons (Fsp3) is 0.273. The van der Waals surface area contributed by atoms with Gasteiger partial charge < -0.3 is 10.2 Å². The molecule has 0 unspecified atom stereocenters. The molecule has 1 aliphatic heterocycles. The molecule has 0 radical (unpaired) electrons. The van der Waals surface area contributed by atoms with Crippen molar-refractivity contribution in [1.82, 2.24) is 10.2 Å². The van der Waals surface area contributed by atoms with E-state index in [1.807, 2.05) is 30.3 Å². The molecule has 1 aromatic carbocycles. The van der Waals surface area contributed by atoms with E-state index in [9.17, 15) is 9.59 Å². The summed E-state index contributed by atoms with van der Waals surface area (Å²) in [6, 6.07) is 9.65. The number of hydrogen-bond acceptors (Lipinski definition) is 2. The number of nitrogens with zero attached hydrogens (tertiary/aromatic N) is 1. The third-order valence-corrected chi connectivity index (χ3v) is 2.34. The van der Waals surface area contributed by atoms with Crippen LogP contribution < -0.4 is 5.32 Å². The smallest absolute Gasteiger partial charge is 0.242 e. The molecule has 1 fully saturated rings. The highest BCUT2D eigenvalue weighted by Crippen LogP contribution is 2.05. The van der Waals surface area contributed by atoms with Crippen molar-refractivity contribution >= 4 is 11.8 Å². The zero-order valence-electron chi connectivity index (χ0n) is 8.27. The second kappa shape index (κ2) is 4.13. The van der Waals surface area contributed by atoms with Gasteiger partial charge in [-0.05, 0) is 5.56 Å². The monoisotopic (exact) mass is 208 g/mol. The first-order chi connectivity index (χ1) is 7.25. The van der Waals surface area contributed by atoms with Crippen LogP contribution in [0.4, 0.5) is 0 Å². The number of piperazine rings is 1. The highest BCUT2D eigenvalue weighted by Gasteiger charge is 2.22. The number of nitrogens with one attached hydrogen (secondary N) is 1. The quantitative estimate of drug-likeness (QED) is 0.703. The zero-order valence-corrected chi connectivity index (χ0v) is 8.27. The average molecular weight is 208 g/mol. The topological polar surface area (TPSA) is 49.4 Å². The Morgan fingerprint density at radius 1 is 1.20 bits per heavy atom. The van der Waals surface area contributed by atoms with Gasteiger partial charge in [-0.1, -0.05) is 30.3 Å². The molecule has 2 amide bonds. The first-order valence-corrected chi connectivity index (χ1v) is 4.84. The van der Waals surface area contributed by atoms with Crippen LogP contribution in [0.3, 0.4) is 0 Å². The molecular weight excluding hydrogens is 196 g/mol. The van der Waals surface area contributed by atoms with E-state index in [2.05, 4.69) is 5.32 Å². The number of benzene rings is 1. The summed E-state index contributed by atoms with van der Waals surface area (Å²) in [6.07, 6.45) is 0. The summed E-state index contributed by atoms with van der Waals surface area (Å²) in [5.41, 5.74) is 1.04. The molecule has 1 heterocycles. The fourth-order valence-electron chi connectivity index (χ4n) is 1.55. The fourth-order valence-corrected chi connectivity index (χ4v) is 1.55. The highest BCUT2D eigenvalue weighted by molar-refractivity contribution is 5.92. The van der Waals surface area contributed by atoms with Gasteiger partial charge in [-0.3, -0.25) is 9.59 Å². The van der Waals surface area contributed by atoms with Gasteiger partial charge in [0.1, 0.15) is 0 Å². The predicted octanol–water partition coefficient (Wildman–Crippen LogP) is 0.145. The summed E-state index contributed by atoms with van der Waals surface area (Å²) in [4.78, 5) is 24.1. The van der Waals surface area contributed by atoms with Crippen LogP contribution in [0.25, 0.3) is 0 Å². The SMILES string of the molecule is O=[13C]1[13CH2]N(Cc2ccccc2)[13C](=O)[13CH2]N1. The van der Waals surface area contributed by atoms with E-state index < -0.39 is 0 Å². The third-order valence-electron chi connectivity index (χ3n) is 2.34. The number of hydrogen-bond donors (Lipinski definition) is 1. The molecule has 1 aromatic rings. The van der Waals surface area contributed by atoms with Crippen molar-refractivity contribution in [3.63, 3.8) is 0 Å². The van der Waals surface area contributed by atoms with Crippen LogP contribution in [0.1, 0.15) is 5.56 Å². The minimum Gasteiger partial charge on any atom is -0.345 e. The molecule has 0 bridgehead atoms. The molecule has 4 nitrogen and oxygen atoms in total. The van der Waals surface area contributed by atoms with E-state index in [1.165, 1.54) is 0 Å². The minimum absolute atomic E-state index is 0.0292. The average Bonchev–Trinajstić information content (AvgIpc) is 2.25. The van der Waals surface area contributed by atoms with Gasteiger partial charge >= 0.3 is 0 Å². The van der Waals surface area contributed by atoms with Gasteiger partial charge in [0, 0.05) is 6.54 Å². The Morgan fingerprint density at radius 3 is 2.67 bits per heavy atom. The molecule has 0 aliphatic carbocycles. The highest BCUT2D eigenvalue weighted by atomic mass is 16.3. The van der Waals surface area contributed by atoms with Crippen LogP contribution in [0.2, 0.25) is 0 Å². The first kappa shape index (κ1) is 9.71.